The molecule has 2 amide bonds. The van der Waals surface area contributed by atoms with Crippen molar-refractivity contribution >= 4 is 46.8 Å². The summed E-state index contributed by atoms with van der Waals surface area (Å²) in [6.07, 6.45) is 11.5. The van der Waals surface area contributed by atoms with Gasteiger partial charge in [0.2, 0.25) is 22.2 Å². The van der Waals surface area contributed by atoms with Crippen molar-refractivity contribution in [1.82, 2.24) is 10.6 Å². The van der Waals surface area contributed by atoms with Gasteiger partial charge >= 0.3 is 41.5 Å². The number of hydrogen-bond acceptors (Lipinski definition) is 10. The van der Waals surface area contributed by atoms with E-state index in [1.165, 1.54) is 44.9 Å². The Kier molecular flexibility index (Phi) is 28.7. The van der Waals surface area contributed by atoms with Crippen LogP contribution in [0.15, 0.2) is 0 Å². The van der Waals surface area contributed by atoms with Crippen LogP contribution in [-0.2, 0) is 33.8 Å². The molecule has 0 spiro atoms. The minimum absolute atomic E-state index is 0. The normalized spacial score (nSPS) is 12.2. The Morgan fingerprint density at radius 3 is 1.89 bits per heavy atom. The van der Waals surface area contributed by atoms with E-state index >= 15 is 0 Å². The summed E-state index contributed by atoms with van der Waals surface area (Å²) in [7, 11) is -4.48. The zero-order valence-electron chi connectivity index (χ0n) is 22.4. The zero-order valence-corrected chi connectivity index (χ0v) is 26.1. The number of unbranched alkanes of at least 4 members (excludes halogenated alkanes) is 9. The van der Waals surface area contributed by atoms with Crippen LogP contribution in [0.4, 0.5) is 0 Å². The molecule has 0 aliphatic heterocycles. The summed E-state index contributed by atoms with van der Waals surface area (Å²) in [6.45, 7) is 1.68. The Labute approximate surface area is 253 Å². The Bertz CT molecular complexity index is 772. The summed E-state index contributed by atoms with van der Waals surface area (Å²) < 4.78 is 34.5. The number of rotatable bonds is 21. The molecule has 0 rings (SSSR count). The molecule has 38 heavy (non-hydrogen) atoms. The van der Waals surface area contributed by atoms with Crippen LogP contribution in [0.2, 0.25) is 0 Å². The van der Waals surface area contributed by atoms with Gasteiger partial charge in [-0.15, -0.1) is 0 Å². The molecular weight excluding hydrogens is 553 g/mol. The molecule has 2 atom stereocenters. The fraction of sp³-hybridized carbons (Fsp3) is 0.818. The molecule has 0 unspecified atom stereocenters. The first kappa shape index (κ1) is 41.5. The number of thiol groups is 1. The second-order valence-corrected chi connectivity index (χ2v) is 9.73. The van der Waals surface area contributed by atoms with Gasteiger partial charge in [0, 0.05) is 12.2 Å². The van der Waals surface area contributed by atoms with E-state index in [1.54, 1.807) is 0 Å². The third kappa shape index (κ3) is 29.6. The maximum Gasteiger partial charge on any atom is 1.00 e. The van der Waals surface area contributed by atoms with Crippen LogP contribution in [0, 0.1) is 0 Å². The Morgan fingerprint density at radius 2 is 1.47 bits per heavy atom. The van der Waals surface area contributed by atoms with Crippen LogP contribution in [0.5, 0.6) is 0 Å². The summed E-state index contributed by atoms with van der Waals surface area (Å²) in [5, 5.41) is 21.4. The molecular formula is C22H42N3NaO10S2. The fourth-order valence-corrected chi connectivity index (χ4v) is 3.49. The minimum Gasteiger partial charge on any atom is -0.726 e. The second kappa shape index (κ2) is 26.3. The molecule has 0 saturated heterocycles. The molecule has 0 saturated carbocycles. The van der Waals surface area contributed by atoms with Gasteiger partial charge < -0.3 is 31.1 Å². The molecule has 0 aliphatic rings. The predicted molar refractivity (Wildman–Crippen MR) is 139 cm³/mol. The first-order valence-corrected chi connectivity index (χ1v) is 14.3. The quantitative estimate of drug-likeness (QED) is 0.0285. The molecule has 0 heterocycles. The van der Waals surface area contributed by atoms with E-state index in [4.69, 9.17) is 15.9 Å². The summed E-state index contributed by atoms with van der Waals surface area (Å²) in [4.78, 5) is 43.7. The van der Waals surface area contributed by atoms with Gasteiger partial charge in [-0.1, -0.05) is 64.7 Å². The second-order valence-electron chi connectivity index (χ2n) is 8.31. The molecule has 16 heteroatoms. The number of hydrogen-bond donors (Lipinski definition) is 6. The van der Waals surface area contributed by atoms with E-state index in [0.717, 1.165) is 12.8 Å². The molecule has 6 N–H and O–H groups in total. The van der Waals surface area contributed by atoms with E-state index in [2.05, 4.69) is 34.4 Å². The van der Waals surface area contributed by atoms with Gasteiger partial charge in [-0.05, 0) is 12.8 Å². The van der Waals surface area contributed by atoms with Crippen LogP contribution >= 0.6 is 12.6 Å². The van der Waals surface area contributed by atoms with Crippen molar-refractivity contribution < 1.29 is 76.1 Å². The number of carbonyl (C=O) groups excluding carboxylic acids is 2. The zero-order chi connectivity index (χ0) is 28.7. The number of carboxylic acids is 2. The van der Waals surface area contributed by atoms with Crippen molar-refractivity contribution in [3.63, 3.8) is 0 Å². The van der Waals surface area contributed by atoms with Crippen LogP contribution in [0.1, 0.15) is 84.0 Å². The third-order valence-corrected chi connectivity index (χ3v) is 5.79. The summed E-state index contributed by atoms with van der Waals surface area (Å²) in [6, 6.07) is -2.15. The van der Waals surface area contributed by atoms with Crippen molar-refractivity contribution in [2.75, 3.05) is 18.9 Å². The molecule has 0 aliphatic carbocycles. The number of carboxylic acid groups (broad SMARTS) is 2. The summed E-state index contributed by atoms with van der Waals surface area (Å²) in [5.41, 5.74) is 5.23. The van der Waals surface area contributed by atoms with Crippen molar-refractivity contribution in [3.8, 4) is 0 Å². The fourth-order valence-electron chi connectivity index (χ4n) is 2.91. The molecule has 0 aromatic heterocycles. The van der Waals surface area contributed by atoms with Gasteiger partial charge in [0.25, 0.3) is 0 Å². The van der Waals surface area contributed by atoms with Gasteiger partial charge in [-0.25, -0.2) is 8.42 Å². The van der Waals surface area contributed by atoms with Crippen molar-refractivity contribution in [2.24, 2.45) is 5.73 Å². The standard InChI is InChI=1S/C12H26O4S.C10H17N3O6S.Na/c1-2-3-4-5-6-7-8-9-10-11-12-16-17(13,14)15;11-5(10(18)19)1-2-7(14)13-6(4-20)9(17)12-3-8(15)16;/h2-12H2,1H3,(H,13,14,15);5-6,20H,1-4,11H2,(H,12,17)(H,13,14)(H,15,16)(H,18,19);/q;;+1/p-1/t;5-,6-;/m.0./s1. The molecule has 0 aromatic rings. The van der Waals surface area contributed by atoms with Crippen molar-refractivity contribution in [3.05, 3.63) is 0 Å². The van der Waals surface area contributed by atoms with Gasteiger partial charge in [0.05, 0.1) is 6.61 Å². The number of aliphatic carboxylic acids is 2. The van der Waals surface area contributed by atoms with E-state index in [0.29, 0.717) is 6.42 Å². The van der Waals surface area contributed by atoms with E-state index in [9.17, 15) is 32.1 Å². The Morgan fingerprint density at radius 1 is 0.974 bits per heavy atom. The number of nitrogens with one attached hydrogen (secondary N) is 2. The number of nitrogens with two attached hydrogens (primary N) is 1. The number of carbonyl (C=O) groups is 4. The van der Waals surface area contributed by atoms with Gasteiger partial charge in [-0.3, -0.25) is 23.4 Å². The van der Waals surface area contributed by atoms with E-state index in [1.807, 2.05) is 0 Å². The largest absolute Gasteiger partial charge is 1.00 e. The minimum atomic E-state index is -4.48. The molecule has 0 bridgehead atoms. The van der Waals surface area contributed by atoms with Crippen LogP contribution in [0.25, 0.3) is 0 Å². The van der Waals surface area contributed by atoms with E-state index < -0.39 is 52.8 Å². The van der Waals surface area contributed by atoms with Crippen LogP contribution in [0.3, 0.4) is 0 Å². The molecule has 0 radical (unpaired) electrons. The molecule has 0 fully saturated rings. The Hall–Kier alpha value is -0.940. The van der Waals surface area contributed by atoms with Crippen LogP contribution < -0.4 is 45.9 Å². The molecule has 218 valence electrons. The average molecular weight is 596 g/mol. The van der Waals surface area contributed by atoms with Gasteiger partial charge in [-0.2, -0.15) is 12.6 Å². The van der Waals surface area contributed by atoms with E-state index in [-0.39, 0.29) is 54.8 Å². The summed E-state index contributed by atoms with van der Waals surface area (Å²) in [5.74, 6) is -3.70. The average Bonchev–Trinajstić information content (AvgIpc) is 2.82. The maximum atomic E-state index is 11.5. The first-order valence-electron chi connectivity index (χ1n) is 12.3. The monoisotopic (exact) mass is 595 g/mol. The SMILES string of the molecule is CCCCCCCCCCCCOS(=O)(=O)[O-].N[C@@H](CCC(=O)N[C@@H](CS)C(=O)NCC(=O)O)C(=O)O.[Na+]. The van der Waals surface area contributed by atoms with Gasteiger partial charge in [0.15, 0.2) is 0 Å². The van der Waals surface area contributed by atoms with Crippen LogP contribution in [-0.4, -0.2) is 77.9 Å². The maximum absolute atomic E-state index is 11.5. The first-order chi connectivity index (χ1) is 17.3. The summed E-state index contributed by atoms with van der Waals surface area (Å²) >= 11 is 3.87. The topological polar surface area (TPSA) is 225 Å². The number of amides is 2. The van der Waals surface area contributed by atoms with Crippen molar-refractivity contribution in [2.45, 2.75) is 96.1 Å². The third-order valence-electron chi connectivity index (χ3n) is 4.97. The predicted octanol–water partition coefficient (Wildman–Crippen LogP) is -1.82. The molecule has 0 aromatic carbocycles. The molecule has 13 nitrogen and oxygen atoms in total. The van der Waals surface area contributed by atoms with Gasteiger partial charge in [0.1, 0.15) is 18.6 Å². The van der Waals surface area contributed by atoms with Crippen molar-refractivity contribution in [1.29, 1.82) is 0 Å². The Balaban J connectivity index is -0.000000636. The smallest absolute Gasteiger partial charge is 0.726 e.